The topological polar surface area (TPSA) is 47.4 Å². The molecule has 4 aromatic rings. The summed E-state index contributed by atoms with van der Waals surface area (Å²) in [6, 6.07) is 22.1. The molecule has 0 saturated carbocycles. The third-order valence-electron chi connectivity index (χ3n) is 5.96. The second-order valence-corrected chi connectivity index (χ2v) is 8.11. The van der Waals surface area contributed by atoms with Crippen molar-refractivity contribution in [1.29, 1.82) is 0 Å². The Morgan fingerprint density at radius 2 is 1.88 bits per heavy atom. The maximum Gasteiger partial charge on any atom is 0.227 e. The van der Waals surface area contributed by atoms with Crippen LogP contribution in [0.1, 0.15) is 23.7 Å². The van der Waals surface area contributed by atoms with Crippen molar-refractivity contribution < 1.29 is 13.9 Å². The van der Waals surface area contributed by atoms with Crippen molar-refractivity contribution in [3.05, 3.63) is 90.0 Å². The van der Waals surface area contributed by atoms with Gasteiger partial charge < -0.3 is 14.2 Å². The van der Waals surface area contributed by atoms with E-state index in [0.29, 0.717) is 31.8 Å². The van der Waals surface area contributed by atoms with Crippen LogP contribution in [0.3, 0.4) is 0 Å². The van der Waals surface area contributed by atoms with Gasteiger partial charge in [0.25, 0.3) is 0 Å². The number of benzene rings is 3. The lowest BCUT2D eigenvalue weighted by Crippen LogP contribution is -2.24. The molecule has 2 heterocycles. The molecule has 5 nitrogen and oxygen atoms in total. The van der Waals surface area contributed by atoms with Gasteiger partial charge in [0.2, 0.25) is 5.91 Å². The van der Waals surface area contributed by atoms with Gasteiger partial charge in [0, 0.05) is 24.6 Å². The Balaban J connectivity index is 1.41. The van der Waals surface area contributed by atoms with E-state index in [1.54, 1.807) is 17.0 Å². The Labute approximate surface area is 186 Å². The predicted molar refractivity (Wildman–Crippen MR) is 123 cm³/mol. The van der Waals surface area contributed by atoms with Gasteiger partial charge in [-0.25, -0.2) is 9.37 Å². The Morgan fingerprint density at radius 3 is 2.72 bits per heavy atom. The van der Waals surface area contributed by atoms with Gasteiger partial charge in [-0.1, -0.05) is 36.4 Å². The number of aromatic nitrogens is 2. The fraction of sp³-hybridized carbons (Fsp3) is 0.231. The maximum absolute atomic E-state index is 13.7. The number of para-hydroxylation sites is 3. The number of hydrogen-bond acceptors (Lipinski definition) is 3. The summed E-state index contributed by atoms with van der Waals surface area (Å²) in [6.45, 7) is 3.62. The fourth-order valence-corrected chi connectivity index (χ4v) is 4.38. The summed E-state index contributed by atoms with van der Waals surface area (Å²) >= 11 is 0. The summed E-state index contributed by atoms with van der Waals surface area (Å²) < 4.78 is 21.9. The Bertz CT molecular complexity index is 1280. The Morgan fingerprint density at radius 1 is 1.06 bits per heavy atom. The summed E-state index contributed by atoms with van der Waals surface area (Å²) in [7, 11) is 0. The Kier molecular flexibility index (Phi) is 5.35. The highest BCUT2D eigenvalue weighted by Gasteiger charge is 2.35. The second kappa shape index (κ2) is 8.46. The minimum atomic E-state index is -0.348. The zero-order valence-corrected chi connectivity index (χ0v) is 17.9. The average molecular weight is 429 g/mol. The third-order valence-corrected chi connectivity index (χ3v) is 5.96. The molecule has 0 radical (unpaired) electrons. The lowest BCUT2D eigenvalue weighted by Gasteiger charge is -2.18. The summed E-state index contributed by atoms with van der Waals surface area (Å²) in [4.78, 5) is 19.3. The highest BCUT2D eigenvalue weighted by atomic mass is 19.1. The molecule has 0 spiro atoms. The summed E-state index contributed by atoms with van der Waals surface area (Å²) in [5, 5.41) is 0. The first-order valence-electron chi connectivity index (χ1n) is 10.8. The first kappa shape index (κ1) is 20.2. The molecular weight excluding hydrogens is 405 g/mol. The van der Waals surface area contributed by atoms with E-state index in [1.165, 1.54) is 12.1 Å². The number of halogens is 1. The standard InChI is InChI=1S/C26H24FN3O2/c1-18-7-2-5-12-24(18)32-14-13-29-23-11-4-3-10-22(23)28-26(29)19-15-25(31)30(17-19)21-9-6-8-20(27)16-21/h2-12,16,19H,13-15,17H2,1H3. The lowest BCUT2D eigenvalue weighted by atomic mass is 10.1. The van der Waals surface area contributed by atoms with E-state index in [2.05, 4.69) is 4.57 Å². The number of imidazole rings is 1. The van der Waals surface area contributed by atoms with Crippen LogP contribution in [0.25, 0.3) is 11.0 Å². The van der Waals surface area contributed by atoms with Crippen LogP contribution in [0.2, 0.25) is 0 Å². The Hall–Kier alpha value is -3.67. The zero-order valence-electron chi connectivity index (χ0n) is 17.9. The van der Waals surface area contributed by atoms with Gasteiger partial charge in [0.05, 0.1) is 17.6 Å². The number of nitrogens with zero attached hydrogens (tertiary/aromatic N) is 3. The van der Waals surface area contributed by atoms with E-state index in [1.807, 2.05) is 55.5 Å². The van der Waals surface area contributed by atoms with Crippen molar-refractivity contribution in [3.63, 3.8) is 0 Å². The largest absolute Gasteiger partial charge is 0.491 e. The smallest absolute Gasteiger partial charge is 0.227 e. The molecule has 1 aliphatic rings. The summed E-state index contributed by atoms with van der Waals surface area (Å²) in [5.74, 6) is 1.30. The number of aryl methyl sites for hydroxylation is 1. The molecule has 0 aliphatic carbocycles. The number of amides is 1. The van der Waals surface area contributed by atoms with Crippen LogP contribution in [0.15, 0.2) is 72.8 Å². The SMILES string of the molecule is Cc1ccccc1OCCn1c(C2CC(=O)N(c3cccc(F)c3)C2)nc2ccccc21. The summed E-state index contributed by atoms with van der Waals surface area (Å²) in [6.07, 6.45) is 0.346. The molecule has 0 bridgehead atoms. The zero-order chi connectivity index (χ0) is 22.1. The molecule has 6 heteroatoms. The van der Waals surface area contributed by atoms with Gasteiger partial charge in [-0.15, -0.1) is 0 Å². The highest BCUT2D eigenvalue weighted by molar-refractivity contribution is 5.96. The number of anilines is 1. The molecule has 1 amide bonds. The molecule has 162 valence electrons. The average Bonchev–Trinajstić information content (AvgIpc) is 3.36. The second-order valence-electron chi connectivity index (χ2n) is 8.11. The van der Waals surface area contributed by atoms with Gasteiger partial charge in [0.1, 0.15) is 24.0 Å². The van der Waals surface area contributed by atoms with Crippen LogP contribution in [0.5, 0.6) is 5.75 Å². The third kappa shape index (κ3) is 3.84. The van der Waals surface area contributed by atoms with Crippen LogP contribution < -0.4 is 9.64 Å². The molecule has 1 aromatic heterocycles. The van der Waals surface area contributed by atoms with Crippen molar-refractivity contribution in [1.82, 2.24) is 9.55 Å². The van der Waals surface area contributed by atoms with Crippen molar-refractivity contribution in [3.8, 4) is 5.75 Å². The molecule has 1 aliphatic heterocycles. The molecule has 32 heavy (non-hydrogen) atoms. The fourth-order valence-electron chi connectivity index (χ4n) is 4.38. The molecule has 1 unspecified atom stereocenters. The lowest BCUT2D eigenvalue weighted by molar-refractivity contribution is -0.117. The van der Waals surface area contributed by atoms with Crippen LogP contribution >= 0.6 is 0 Å². The van der Waals surface area contributed by atoms with Crippen molar-refractivity contribution in [2.75, 3.05) is 18.1 Å². The van der Waals surface area contributed by atoms with Crippen LogP contribution in [-0.2, 0) is 11.3 Å². The van der Waals surface area contributed by atoms with Crippen molar-refractivity contribution in [2.24, 2.45) is 0 Å². The molecular formula is C26H24FN3O2. The molecule has 1 saturated heterocycles. The molecule has 1 fully saturated rings. The quantitative estimate of drug-likeness (QED) is 0.429. The van der Waals surface area contributed by atoms with Gasteiger partial charge in [0.15, 0.2) is 0 Å². The number of fused-ring (bicyclic) bond motifs is 1. The summed E-state index contributed by atoms with van der Waals surface area (Å²) in [5.41, 5.74) is 3.60. The van der Waals surface area contributed by atoms with Crippen molar-refractivity contribution in [2.45, 2.75) is 25.8 Å². The van der Waals surface area contributed by atoms with Crippen LogP contribution in [0.4, 0.5) is 10.1 Å². The number of ether oxygens (including phenoxy) is 1. The molecule has 5 rings (SSSR count). The normalized spacial score (nSPS) is 16.1. The monoisotopic (exact) mass is 429 g/mol. The minimum Gasteiger partial charge on any atom is -0.491 e. The number of carbonyl (C=O) groups excluding carboxylic acids is 1. The van der Waals surface area contributed by atoms with E-state index in [-0.39, 0.29) is 17.6 Å². The highest BCUT2D eigenvalue weighted by Crippen LogP contribution is 2.33. The van der Waals surface area contributed by atoms with E-state index in [0.717, 1.165) is 28.2 Å². The number of carbonyl (C=O) groups is 1. The van der Waals surface area contributed by atoms with E-state index in [9.17, 15) is 9.18 Å². The van der Waals surface area contributed by atoms with Crippen LogP contribution in [0, 0.1) is 12.7 Å². The number of hydrogen-bond donors (Lipinski definition) is 0. The van der Waals surface area contributed by atoms with Gasteiger partial charge >= 0.3 is 0 Å². The van der Waals surface area contributed by atoms with E-state index in [4.69, 9.17) is 9.72 Å². The number of rotatable bonds is 6. The van der Waals surface area contributed by atoms with E-state index < -0.39 is 0 Å². The van der Waals surface area contributed by atoms with Gasteiger partial charge in [-0.2, -0.15) is 0 Å². The molecule has 1 atom stereocenters. The van der Waals surface area contributed by atoms with Crippen LogP contribution in [-0.4, -0.2) is 28.6 Å². The minimum absolute atomic E-state index is 0.0182. The molecule has 3 aromatic carbocycles. The van der Waals surface area contributed by atoms with Crippen molar-refractivity contribution >= 4 is 22.6 Å². The first-order chi connectivity index (χ1) is 15.6. The van der Waals surface area contributed by atoms with E-state index >= 15 is 0 Å². The predicted octanol–water partition coefficient (Wildman–Crippen LogP) is 5.08. The maximum atomic E-state index is 13.7. The van der Waals surface area contributed by atoms with Gasteiger partial charge in [-0.3, -0.25) is 4.79 Å². The first-order valence-corrected chi connectivity index (χ1v) is 10.8. The van der Waals surface area contributed by atoms with Gasteiger partial charge in [-0.05, 0) is 48.9 Å². The molecule has 0 N–H and O–H groups in total.